The molecule has 1 fully saturated rings. The average Bonchev–Trinajstić information content (AvgIpc) is 2.22. The van der Waals surface area contributed by atoms with Gasteiger partial charge in [-0.1, -0.05) is 29.8 Å². The van der Waals surface area contributed by atoms with Crippen LogP contribution < -0.4 is 5.32 Å². The normalized spacial score (nSPS) is 20.1. The molecule has 0 unspecified atom stereocenters. The van der Waals surface area contributed by atoms with Crippen molar-refractivity contribution in [3.63, 3.8) is 0 Å². The number of nitrogens with one attached hydrogen (secondary N) is 1. The number of likely N-dealkylation sites (N-methyl/N-ethyl adjacent to an activating group) is 1. The minimum absolute atomic E-state index is 1.16. The summed E-state index contributed by atoms with van der Waals surface area (Å²) in [5.74, 6) is 0. The second-order valence-electron chi connectivity index (χ2n) is 4.96. The van der Waals surface area contributed by atoms with Crippen LogP contribution in [0.3, 0.4) is 0 Å². The highest BCUT2D eigenvalue weighted by Crippen LogP contribution is 2.13. The van der Waals surface area contributed by atoms with E-state index in [1.807, 2.05) is 0 Å². The van der Waals surface area contributed by atoms with Crippen molar-refractivity contribution in [1.82, 2.24) is 5.32 Å². The van der Waals surface area contributed by atoms with Gasteiger partial charge in [0.05, 0.1) is 20.1 Å². The quantitative estimate of drug-likeness (QED) is 0.722. The largest absolute Gasteiger partial charge is 0.320 e. The van der Waals surface area contributed by atoms with E-state index in [9.17, 15) is 0 Å². The molecule has 2 heteroatoms. The molecule has 0 spiro atoms. The molecule has 1 N–H and O–H groups in total. The van der Waals surface area contributed by atoms with Gasteiger partial charge in [0.2, 0.25) is 0 Å². The first kappa shape index (κ1) is 10.7. The maximum atomic E-state index is 3.42. The van der Waals surface area contributed by atoms with E-state index in [-0.39, 0.29) is 0 Å². The predicted molar refractivity (Wildman–Crippen MR) is 63.7 cm³/mol. The maximum absolute atomic E-state index is 3.42. The van der Waals surface area contributed by atoms with Crippen LogP contribution in [-0.4, -0.2) is 37.7 Å². The molecule has 2 rings (SSSR count). The Balaban J connectivity index is 2.03. The van der Waals surface area contributed by atoms with Crippen LogP contribution in [0.15, 0.2) is 24.3 Å². The van der Waals surface area contributed by atoms with Crippen LogP contribution in [0, 0.1) is 6.92 Å². The molecule has 0 amide bonds. The molecule has 1 aromatic carbocycles. The van der Waals surface area contributed by atoms with Gasteiger partial charge in [0.15, 0.2) is 0 Å². The Morgan fingerprint density at radius 1 is 1.13 bits per heavy atom. The monoisotopic (exact) mass is 205 g/mol. The molecule has 0 aliphatic carbocycles. The molecule has 1 aromatic rings. The van der Waals surface area contributed by atoms with Gasteiger partial charge >= 0.3 is 0 Å². The number of rotatable bonds is 2. The number of nitrogens with zero attached hydrogens (tertiary/aromatic N) is 1. The first-order chi connectivity index (χ1) is 7.18. The van der Waals surface area contributed by atoms with Crippen LogP contribution >= 0.6 is 0 Å². The third kappa shape index (κ3) is 2.80. The average molecular weight is 205 g/mol. The van der Waals surface area contributed by atoms with E-state index in [0.717, 1.165) is 13.1 Å². The summed E-state index contributed by atoms with van der Waals surface area (Å²) in [6.07, 6.45) is 0. The first-order valence-electron chi connectivity index (χ1n) is 5.78. The molecule has 82 valence electrons. The van der Waals surface area contributed by atoms with E-state index in [2.05, 4.69) is 43.6 Å². The summed E-state index contributed by atoms with van der Waals surface area (Å²) in [5.41, 5.74) is 2.81. The van der Waals surface area contributed by atoms with E-state index in [0.29, 0.717) is 0 Å². The van der Waals surface area contributed by atoms with Gasteiger partial charge in [0, 0.05) is 18.7 Å². The summed E-state index contributed by atoms with van der Waals surface area (Å²) >= 11 is 0. The van der Waals surface area contributed by atoms with Crippen molar-refractivity contribution in [2.45, 2.75) is 13.5 Å². The Kier molecular flexibility index (Phi) is 3.08. The number of hydrogen-bond donors (Lipinski definition) is 1. The van der Waals surface area contributed by atoms with E-state index in [1.54, 1.807) is 0 Å². The zero-order valence-electron chi connectivity index (χ0n) is 9.79. The van der Waals surface area contributed by atoms with E-state index in [1.165, 1.54) is 35.2 Å². The van der Waals surface area contributed by atoms with Crippen LogP contribution in [0.25, 0.3) is 0 Å². The molecular weight excluding hydrogens is 184 g/mol. The van der Waals surface area contributed by atoms with E-state index in [4.69, 9.17) is 0 Å². The number of hydrogen-bond acceptors (Lipinski definition) is 1. The summed E-state index contributed by atoms with van der Waals surface area (Å²) in [6.45, 7) is 8.11. The minimum Gasteiger partial charge on any atom is -0.320 e. The van der Waals surface area contributed by atoms with Gasteiger partial charge in [-0.15, -0.1) is 0 Å². The molecule has 15 heavy (non-hydrogen) atoms. The third-order valence-corrected chi connectivity index (χ3v) is 3.34. The van der Waals surface area contributed by atoms with Gasteiger partial charge in [-0.2, -0.15) is 0 Å². The highest BCUT2D eigenvalue weighted by molar-refractivity contribution is 5.20. The van der Waals surface area contributed by atoms with Crippen molar-refractivity contribution in [3.8, 4) is 0 Å². The summed E-state index contributed by atoms with van der Waals surface area (Å²) in [6, 6.07) is 8.95. The lowest BCUT2D eigenvalue weighted by molar-refractivity contribution is -0.924. The van der Waals surface area contributed by atoms with Crippen molar-refractivity contribution in [3.05, 3.63) is 35.4 Å². The lowest BCUT2D eigenvalue weighted by atomic mass is 10.1. The van der Waals surface area contributed by atoms with Gasteiger partial charge in [-0.05, 0) is 6.92 Å². The Hall–Kier alpha value is -0.860. The fraction of sp³-hybridized carbons (Fsp3) is 0.538. The summed E-state index contributed by atoms with van der Waals surface area (Å²) < 4.78 is 1.18. The summed E-state index contributed by atoms with van der Waals surface area (Å²) in [7, 11) is 2.36. The van der Waals surface area contributed by atoms with Crippen LogP contribution in [0.1, 0.15) is 11.1 Å². The van der Waals surface area contributed by atoms with Gasteiger partial charge in [0.25, 0.3) is 0 Å². The standard InChI is InChI=1S/C13H21N2/c1-12-3-5-13(6-4-12)11-15(2)9-7-14-8-10-15/h3-6,14H,7-11H2,1-2H3/q+1. The van der Waals surface area contributed by atoms with E-state index >= 15 is 0 Å². The number of aryl methyl sites for hydroxylation is 1. The Bertz CT molecular complexity index is 310. The second-order valence-corrected chi connectivity index (χ2v) is 4.96. The van der Waals surface area contributed by atoms with Gasteiger partial charge in [-0.25, -0.2) is 0 Å². The van der Waals surface area contributed by atoms with Gasteiger partial charge < -0.3 is 9.80 Å². The van der Waals surface area contributed by atoms with Crippen molar-refractivity contribution in [2.24, 2.45) is 0 Å². The maximum Gasteiger partial charge on any atom is 0.104 e. The molecule has 2 nitrogen and oxygen atoms in total. The molecule has 0 radical (unpaired) electrons. The minimum atomic E-state index is 1.16. The third-order valence-electron chi connectivity index (χ3n) is 3.34. The molecule has 1 aliphatic rings. The molecule has 0 saturated carbocycles. The number of piperazine rings is 1. The topological polar surface area (TPSA) is 12.0 Å². The fourth-order valence-electron chi connectivity index (χ4n) is 2.23. The van der Waals surface area contributed by atoms with Crippen LogP contribution in [0.5, 0.6) is 0 Å². The summed E-state index contributed by atoms with van der Waals surface area (Å²) in [5, 5.41) is 3.42. The van der Waals surface area contributed by atoms with Crippen molar-refractivity contribution in [1.29, 1.82) is 0 Å². The number of benzene rings is 1. The van der Waals surface area contributed by atoms with Crippen LogP contribution in [-0.2, 0) is 6.54 Å². The molecule has 0 aromatic heterocycles. The molecule has 0 bridgehead atoms. The molecule has 1 saturated heterocycles. The SMILES string of the molecule is Cc1ccc(C[N+]2(C)CCNCC2)cc1. The van der Waals surface area contributed by atoms with Crippen molar-refractivity contribution in [2.75, 3.05) is 33.2 Å². The van der Waals surface area contributed by atoms with Crippen molar-refractivity contribution < 1.29 is 4.48 Å². The van der Waals surface area contributed by atoms with Crippen LogP contribution in [0.2, 0.25) is 0 Å². The Labute approximate surface area is 92.5 Å². The zero-order chi connectivity index (χ0) is 10.7. The molecular formula is C13H21N2+. The highest BCUT2D eigenvalue weighted by Gasteiger charge is 2.24. The zero-order valence-corrected chi connectivity index (χ0v) is 9.79. The molecule has 1 aliphatic heterocycles. The lowest BCUT2D eigenvalue weighted by Crippen LogP contribution is -2.55. The predicted octanol–water partition coefficient (Wildman–Crippen LogP) is 1.54. The molecule has 1 heterocycles. The van der Waals surface area contributed by atoms with Gasteiger partial charge in [-0.3, -0.25) is 0 Å². The first-order valence-corrected chi connectivity index (χ1v) is 5.78. The number of quaternary nitrogens is 1. The van der Waals surface area contributed by atoms with Crippen molar-refractivity contribution >= 4 is 0 Å². The van der Waals surface area contributed by atoms with Gasteiger partial charge in [0.1, 0.15) is 6.54 Å². The molecule has 0 atom stereocenters. The fourth-order valence-corrected chi connectivity index (χ4v) is 2.23. The smallest absolute Gasteiger partial charge is 0.104 e. The van der Waals surface area contributed by atoms with Crippen LogP contribution in [0.4, 0.5) is 0 Å². The second kappa shape index (κ2) is 4.33. The Morgan fingerprint density at radius 2 is 1.73 bits per heavy atom. The summed E-state index contributed by atoms with van der Waals surface area (Å²) in [4.78, 5) is 0. The Morgan fingerprint density at radius 3 is 2.33 bits per heavy atom. The van der Waals surface area contributed by atoms with E-state index < -0.39 is 0 Å². The highest BCUT2D eigenvalue weighted by atomic mass is 15.4. The lowest BCUT2D eigenvalue weighted by Gasteiger charge is -2.38.